The maximum Gasteiger partial charge on any atom is 0.121 e. The first kappa shape index (κ1) is 15.6. The quantitative estimate of drug-likeness (QED) is 0.750. The molecule has 3 rings (SSSR count). The number of aryl methyl sites for hydroxylation is 2. The Kier molecular flexibility index (Phi) is 4.68. The van der Waals surface area contributed by atoms with Crippen molar-refractivity contribution in [2.75, 3.05) is 13.2 Å². The van der Waals surface area contributed by atoms with Crippen molar-refractivity contribution in [3.8, 4) is 5.75 Å². The van der Waals surface area contributed by atoms with E-state index in [1.807, 2.05) is 22.9 Å². The van der Waals surface area contributed by atoms with Crippen LogP contribution in [0.25, 0.3) is 10.9 Å². The number of hydrogen-bond donors (Lipinski definition) is 1. The topological polar surface area (TPSA) is 34.4 Å². The van der Waals surface area contributed by atoms with Crippen LogP contribution in [0.1, 0.15) is 16.7 Å². The van der Waals surface area contributed by atoms with E-state index in [-0.39, 0.29) is 6.61 Å². The number of aliphatic hydroxyl groups excluding tert-OH is 1. The zero-order valence-corrected chi connectivity index (χ0v) is 13.7. The third-order valence-corrected chi connectivity index (χ3v) is 4.32. The van der Waals surface area contributed by atoms with E-state index in [0.29, 0.717) is 13.2 Å². The minimum Gasteiger partial charge on any atom is -0.493 e. The van der Waals surface area contributed by atoms with Gasteiger partial charge in [0.15, 0.2) is 0 Å². The van der Waals surface area contributed by atoms with Crippen LogP contribution in [0.15, 0.2) is 48.7 Å². The molecule has 0 aliphatic heterocycles. The lowest BCUT2D eigenvalue weighted by Gasteiger charge is -2.09. The van der Waals surface area contributed by atoms with Gasteiger partial charge in [-0.3, -0.25) is 0 Å². The van der Waals surface area contributed by atoms with Gasteiger partial charge in [-0.05, 0) is 54.1 Å². The molecule has 0 aliphatic carbocycles. The van der Waals surface area contributed by atoms with E-state index in [0.717, 1.165) is 17.7 Å². The molecule has 0 spiro atoms. The molecule has 1 heterocycles. The number of aliphatic hydroxyl groups is 1. The molecule has 3 heteroatoms. The fraction of sp³-hybridized carbons (Fsp3) is 0.300. The van der Waals surface area contributed by atoms with Crippen molar-refractivity contribution in [2.45, 2.75) is 26.8 Å². The highest BCUT2D eigenvalue weighted by Gasteiger charge is 2.03. The standard InChI is InChI=1S/C20H23NO2/c1-15-3-4-17(13-16(15)2)8-12-23-19-6-5-18-7-9-21(10-11-22)20(18)14-19/h3-7,9,13-14,22H,8,10-12H2,1-2H3. The first-order chi connectivity index (χ1) is 11.2. The van der Waals surface area contributed by atoms with E-state index in [1.165, 1.54) is 22.1 Å². The van der Waals surface area contributed by atoms with Crippen LogP contribution in [0, 0.1) is 13.8 Å². The molecule has 1 aromatic heterocycles. The first-order valence-corrected chi connectivity index (χ1v) is 8.06. The normalized spacial score (nSPS) is 11.1. The number of nitrogens with zero attached hydrogens (tertiary/aromatic N) is 1. The minimum absolute atomic E-state index is 0.141. The third-order valence-electron chi connectivity index (χ3n) is 4.32. The zero-order valence-electron chi connectivity index (χ0n) is 13.7. The smallest absolute Gasteiger partial charge is 0.121 e. The Bertz CT molecular complexity index is 805. The monoisotopic (exact) mass is 309 g/mol. The summed E-state index contributed by atoms with van der Waals surface area (Å²) in [6.45, 7) is 5.68. The number of ether oxygens (including phenoxy) is 1. The van der Waals surface area contributed by atoms with Crippen molar-refractivity contribution in [3.05, 3.63) is 65.4 Å². The van der Waals surface area contributed by atoms with Gasteiger partial charge in [-0.2, -0.15) is 0 Å². The SMILES string of the molecule is Cc1ccc(CCOc2ccc3ccn(CCO)c3c2)cc1C. The molecule has 0 saturated carbocycles. The van der Waals surface area contributed by atoms with Gasteiger partial charge < -0.3 is 14.4 Å². The van der Waals surface area contributed by atoms with Gasteiger partial charge >= 0.3 is 0 Å². The molecule has 2 aromatic carbocycles. The van der Waals surface area contributed by atoms with E-state index in [1.54, 1.807) is 0 Å². The van der Waals surface area contributed by atoms with Gasteiger partial charge in [0.2, 0.25) is 0 Å². The minimum atomic E-state index is 0.141. The summed E-state index contributed by atoms with van der Waals surface area (Å²) >= 11 is 0. The average Bonchev–Trinajstić information content (AvgIpc) is 2.94. The Hall–Kier alpha value is -2.26. The van der Waals surface area contributed by atoms with Gasteiger partial charge in [0.1, 0.15) is 5.75 Å². The largest absolute Gasteiger partial charge is 0.493 e. The van der Waals surface area contributed by atoms with Crippen LogP contribution in [0.5, 0.6) is 5.75 Å². The molecule has 0 radical (unpaired) electrons. The molecule has 3 aromatic rings. The highest BCUT2D eigenvalue weighted by atomic mass is 16.5. The Morgan fingerprint density at radius 1 is 1.00 bits per heavy atom. The highest BCUT2D eigenvalue weighted by molar-refractivity contribution is 5.81. The molecule has 0 atom stereocenters. The van der Waals surface area contributed by atoms with Crippen LogP contribution in [0.4, 0.5) is 0 Å². The second-order valence-corrected chi connectivity index (χ2v) is 5.97. The van der Waals surface area contributed by atoms with Crippen LogP contribution in [-0.4, -0.2) is 22.9 Å². The first-order valence-electron chi connectivity index (χ1n) is 8.06. The van der Waals surface area contributed by atoms with Crippen molar-refractivity contribution in [3.63, 3.8) is 0 Å². The molecule has 23 heavy (non-hydrogen) atoms. The fourth-order valence-electron chi connectivity index (χ4n) is 2.80. The Morgan fingerprint density at radius 3 is 2.65 bits per heavy atom. The number of rotatable bonds is 6. The molecular formula is C20H23NO2. The third kappa shape index (κ3) is 3.57. The van der Waals surface area contributed by atoms with Gasteiger partial charge in [-0.25, -0.2) is 0 Å². The zero-order chi connectivity index (χ0) is 16.2. The van der Waals surface area contributed by atoms with Crippen LogP contribution in [0.2, 0.25) is 0 Å². The Morgan fingerprint density at radius 2 is 1.87 bits per heavy atom. The summed E-state index contributed by atoms with van der Waals surface area (Å²) < 4.78 is 7.96. The summed E-state index contributed by atoms with van der Waals surface area (Å²) in [5, 5.41) is 10.3. The van der Waals surface area contributed by atoms with Gasteiger partial charge in [0.05, 0.1) is 18.7 Å². The summed E-state index contributed by atoms with van der Waals surface area (Å²) in [7, 11) is 0. The fourth-order valence-corrected chi connectivity index (χ4v) is 2.80. The van der Waals surface area contributed by atoms with Crippen molar-refractivity contribution < 1.29 is 9.84 Å². The van der Waals surface area contributed by atoms with Crippen molar-refractivity contribution in [1.82, 2.24) is 4.57 Å². The van der Waals surface area contributed by atoms with Gasteiger partial charge in [-0.15, -0.1) is 0 Å². The summed E-state index contributed by atoms with van der Waals surface area (Å²) in [6.07, 6.45) is 2.90. The van der Waals surface area contributed by atoms with Gasteiger partial charge in [0, 0.05) is 25.2 Å². The number of aromatic nitrogens is 1. The molecular weight excluding hydrogens is 286 g/mol. The van der Waals surface area contributed by atoms with Gasteiger partial charge in [-0.1, -0.05) is 18.2 Å². The Labute approximate surface area is 137 Å². The number of fused-ring (bicyclic) bond motifs is 1. The summed E-state index contributed by atoms with van der Waals surface area (Å²) in [5.41, 5.74) is 5.05. The van der Waals surface area contributed by atoms with Crippen molar-refractivity contribution >= 4 is 10.9 Å². The van der Waals surface area contributed by atoms with Crippen LogP contribution in [-0.2, 0) is 13.0 Å². The summed E-state index contributed by atoms with van der Waals surface area (Å²) in [4.78, 5) is 0. The van der Waals surface area contributed by atoms with Crippen molar-refractivity contribution in [2.24, 2.45) is 0 Å². The highest BCUT2D eigenvalue weighted by Crippen LogP contribution is 2.22. The molecule has 0 unspecified atom stereocenters. The predicted molar refractivity (Wildman–Crippen MR) is 94.1 cm³/mol. The van der Waals surface area contributed by atoms with Crippen LogP contribution >= 0.6 is 0 Å². The maximum absolute atomic E-state index is 9.12. The lowest BCUT2D eigenvalue weighted by molar-refractivity contribution is 0.278. The van der Waals surface area contributed by atoms with Crippen molar-refractivity contribution in [1.29, 1.82) is 0 Å². The molecule has 1 N–H and O–H groups in total. The van der Waals surface area contributed by atoms with Gasteiger partial charge in [0.25, 0.3) is 0 Å². The lowest BCUT2D eigenvalue weighted by Crippen LogP contribution is -2.03. The molecule has 0 saturated heterocycles. The molecule has 0 fully saturated rings. The predicted octanol–water partition coefficient (Wildman–Crippen LogP) is 3.87. The summed E-state index contributed by atoms with van der Waals surface area (Å²) in [6, 6.07) is 14.7. The lowest BCUT2D eigenvalue weighted by atomic mass is 10.0. The van der Waals surface area contributed by atoms with E-state index >= 15 is 0 Å². The molecule has 0 aliphatic rings. The average molecular weight is 309 g/mol. The van der Waals surface area contributed by atoms with E-state index in [4.69, 9.17) is 9.84 Å². The second-order valence-electron chi connectivity index (χ2n) is 5.97. The maximum atomic E-state index is 9.12. The molecule has 3 nitrogen and oxygen atoms in total. The summed E-state index contributed by atoms with van der Waals surface area (Å²) in [5.74, 6) is 0.874. The number of benzene rings is 2. The van der Waals surface area contributed by atoms with Crippen LogP contribution in [0.3, 0.4) is 0 Å². The number of hydrogen-bond acceptors (Lipinski definition) is 2. The van der Waals surface area contributed by atoms with E-state index in [2.05, 4.69) is 44.2 Å². The molecule has 0 amide bonds. The van der Waals surface area contributed by atoms with E-state index in [9.17, 15) is 0 Å². The second kappa shape index (κ2) is 6.88. The Balaban J connectivity index is 1.66. The van der Waals surface area contributed by atoms with E-state index < -0.39 is 0 Å². The molecule has 0 bridgehead atoms. The van der Waals surface area contributed by atoms with Crippen LogP contribution < -0.4 is 4.74 Å². The molecule has 120 valence electrons.